The van der Waals surface area contributed by atoms with Gasteiger partial charge in [-0.05, 0) is 45.4 Å². The van der Waals surface area contributed by atoms with E-state index >= 15 is 0 Å². The minimum atomic E-state index is -1.10. The lowest BCUT2D eigenvalue weighted by molar-refractivity contribution is 0.0698. The van der Waals surface area contributed by atoms with Gasteiger partial charge >= 0.3 is 12.1 Å². The van der Waals surface area contributed by atoms with E-state index in [9.17, 15) is 14.7 Å². The number of hydrogen-bond donors (Lipinski definition) is 2. The van der Waals surface area contributed by atoms with E-state index in [1.165, 1.54) is 6.07 Å². The van der Waals surface area contributed by atoms with E-state index in [-0.39, 0.29) is 29.2 Å². The number of carboxylic acid groups (broad SMARTS) is 1. The van der Waals surface area contributed by atoms with Gasteiger partial charge in [0.05, 0.1) is 11.3 Å². The van der Waals surface area contributed by atoms with Crippen LogP contribution in [0.25, 0.3) is 11.1 Å². The van der Waals surface area contributed by atoms with Crippen LogP contribution in [0.3, 0.4) is 0 Å². The second-order valence-electron chi connectivity index (χ2n) is 8.77. The first kappa shape index (κ1) is 20.7. The SMILES string of the molecule is CC(C)(C)c1ccc(C(=O)O)c(NC(=O)OCC2c3ccccc3-c3ccccc32)c1. The van der Waals surface area contributed by atoms with E-state index in [1.807, 2.05) is 45.0 Å². The Morgan fingerprint density at radius 1 is 0.935 bits per heavy atom. The molecule has 5 heteroatoms. The number of ether oxygens (including phenoxy) is 1. The Kier molecular flexibility index (Phi) is 5.27. The molecule has 1 aliphatic carbocycles. The summed E-state index contributed by atoms with van der Waals surface area (Å²) in [6, 6.07) is 21.2. The Labute approximate surface area is 181 Å². The first-order valence-electron chi connectivity index (χ1n) is 10.3. The van der Waals surface area contributed by atoms with Crippen LogP contribution in [-0.4, -0.2) is 23.8 Å². The molecule has 0 unspecified atom stereocenters. The molecule has 0 saturated heterocycles. The third kappa shape index (κ3) is 4.04. The van der Waals surface area contributed by atoms with E-state index in [2.05, 4.69) is 29.6 Å². The van der Waals surface area contributed by atoms with Crippen molar-refractivity contribution in [2.45, 2.75) is 32.1 Å². The van der Waals surface area contributed by atoms with Crippen molar-refractivity contribution in [1.82, 2.24) is 0 Å². The highest BCUT2D eigenvalue weighted by molar-refractivity contribution is 5.99. The van der Waals surface area contributed by atoms with Gasteiger partial charge in [0.15, 0.2) is 0 Å². The zero-order chi connectivity index (χ0) is 22.2. The summed E-state index contributed by atoms with van der Waals surface area (Å²) < 4.78 is 5.56. The lowest BCUT2D eigenvalue weighted by Crippen LogP contribution is -2.20. The van der Waals surface area contributed by atoms with Crippen LogP contribution in [0.4, 0.5) is 10.5 Å². The molecule has 0 bridgehead atoms. The number of rotatable bonds is 4. The van der Waals surface area contributed by atoms with E-state index in [4.69, 9.17) is 4.74 Å². The predicted molar refractivity (Wildman–Crippen MR) is 121 cm³/mol. The van der Waals surface area contributed by atoms with Crippen molar-refractivity contribution in [3.8, 4) is 11.1 Å². The predicted octanol–water partition coefficient (Wildman–Crippen LogP) is 6.04. The molecule has 0 aromatic heterocycles. The van der Waals surface area contributed by atoms with Gasteiger partial charge in [-0.25, -0.2) is 9.59 Å². The number of carbonyl (C=O) groups is 2. The fourth-order valence-electron chi connectivity index (χ4n) is 4.05. The molecule has 0 aliphatic heterocycles. The van der Waals surface area contributed by atoms with E-state index in [0.717, 1.165) is 27.8 Å². The lowest BCUT2D eigenvalue weighted by atomic mass is 9.86. The normalized spacial score (nSPS) is 12.7. The summed E-state index contributed by atoms with van der Waals surface area (Å²) in [6.07, 6.45) is -0.671. The fourth-order valence-corrected chi connectivity index (χ4v) is 4.05. The van der Waals surface area contributed by atoms with Crippen LogP contribution in [0.5, 0.6) is 0 Å². The van der Waals surface area contributed by atoms with Gasteiger partial charge in [0.25, 0.3) is 0 Å². The monoisotopic (exact) mass is 415 g/mol. The summed E-state index contributed by atoms with van der Waals surface area (Å²) in [6.45, 7) is 6.25. The van der Waals surface area contributed by atoms with E-state index < -0.39 is 12.1 Å². The minimum Gasteiger partial charge on any atom is -0.478 e. The van der Waals surface area contributed by atoms with Crippen LogP contribution < -0.4 is 5.32 Å². The summed E-state index contributed by atoms with van der Waals surface area (Å²) in [4.78, 5) is 24.2. The quantitative estimate of drug-likeness (QED) is 0.544. The number of benzene rings is 3. The smallest absolute Gasteiger partial charge is 0.411 e. The molecule has 1 amide bonds. The molecule has 31 heavy (non-hydrogen) atoms. The van der Waals surface area contributed by atoms with Crippen LogP contribution in [0.15, 0.2) is 66.7 Å². The molecule has 3 aromatic rings. The molecule has 3 aromatic carbocycles. The molecule has 0 atom stereocenters. The van der Waals surface area contributed by atoms with Gasteiger partial charge in [-0.1, -0.05) is 75.4 Å². The molecule has 0 heterocycles. The second kappa shape index (κ2) is 7.91. The molecule has 0 fully saturated rings. The van der Waals surface area contributed by atoms with Crippen LogP contribution in [0.2, 0.25) is 0 Å². The molecule has 158 valence electrons. The molecule has 2 N–H and O–H groups in total. The topological polar surface area (TPSA) is 75.6 Å². The van der Waals surface area contributed by atoms with Crippen molar-refractivity contribution in [3.05, 3.63) is 89.0 Å². The zero-order valence-electron chi connectivity index (χ0n) is 17.8. The van der Waals surface area contributed by atoms with Crippen molar-refractivity contribution in [2.75, 3.05) is 11.9 Å². The van der Waals surface area contributed by atoms with Crippen LogP contribution >= 0.6 is 0 Å². The van der Waals surface area contributed by atoms with E-state index in [1.54, 1.807) is 12.1 Å². The van der Waals surface area contributed by atoms with Gasteiger partial charge in [-0.15, -0.1) is 0 Å². The lowest BCUT2D eigenvalue weighted by Gasteiger charge is -2.21. The maximum Gasteiger partial charge on any atom is 0.411 e. The molecular weight excluding hydrogens is 390 g/mol. The second-order valence-corrected chi connectivity index (χ2v) is 8.77. The van der Waals surface area contributed by atoms with Crippen LogP contribution in [0, 0.1) is 0 Å². The van der Waals surface area contributed by atoms with Crippen LogP contribution in [-0.2, 0) is 10.2 Å². The Morgan fingerprint density at radius 3 is 2.06 bits per heavy atom. The van der Waals surface area contributed by atoms with Gasteiger partial charge < -0.3 is 9.84 Å². The van der Waals surface area contributed by atoms with Crippen molar-refractivity contribution in [3.63, 3.8) is 0 Å². The highest BCUT2D eigenvalue weighted by Crippen LogP contribution is 2.44. The third-order valence-corrected chi connectivity index (χ3v) is 5.70. The summed E-state index contributed by atoms with van der Waals surface area (Å²) in [5.74, 6) is -1.16. The molecular formula is C26H25NO4. The highest BCUT2D eigenvalue weighted by Gasteiger charge is 2.29. The number of nitrogens with one attached hydrogen (secondary N) is 1. The first-order valence-corrected chi connectivity index (χ1v) is 10.3. The highest BCUT2D eigenvalue weighted by atomic mass is 16.5. The zero-order valence-corrected chi connectivity index (χ0v) is 17.8. The average molecular weight is 415 g/mol. The van der Waals surface area contributed by atoms with Gasteiger partial charge in [0.2, 0.25) is 0 Å². The number of amides is 1. The van der Waals surface area contributed by atoms with E-state index in [0.29, 0.717) is 0 Å². The molecule has 1 aliphatic rings. The first-order chi connectivity index (χ1) is 14.8. The Balaban J connectivity index is 1.54. The fraction of sp³-hybridized carbons (Fsp3) is 0.231. The molecule has 4 rings (SSSR count). The number of carbonyl (C=O) groups excluding carboxylic acids is 1. The molecule has 5 nitrogen and oxygen atoms in total. The Bertz CT molecular complexity index is 1110. The maximum atomic E-state index is 12.6. The van der Waals surface area contributed by atoms with Gasteiger partial charge in [0.1, 0.15) is 6.61 Å². The number of carboxylic acids is 1. The molecule has 0 spiro atoms. The van der Waals surface area contributed by atoms with Crippen molar-refractivity contribution < 1.29 is 19.4 Å². The number of fused-ring (bicyclic) bond motifs is 3. The largest absolute Gasteiger partial charge is 0.478 e. The standard InChI is InChI=1S/C26H25NO4/c1-26(2,3)16-12-13-21(24(28)29)23(14-16)27-25(30)31-15-22-19-10-6-4-8-17(19)18-9-5-7-11-20(18)22/h4-14,22H,15H2,1-3H3,(H,27,30)(H,28,29). The summed E-state index contributed by atoms with van der Waals surface area (Å²) >= 11 is 0. The number of aromatic carboxylic acids is 1. The van der Waals surface area contributed by atoms with Gasteiger partial charge in [-0.3, -0.25) is 5.32 Å². The Hall–Kier alpha value is -3.60. The van der Waals surface area contributed by atoms with Crippen LogP contribution in [0.1, 0.15) is 53.7 Å². The number of anilines is 1. The minimum absolute atomic E-state index is 0.0292. The van der Waals surface area contributed by atoms with Gasteiger partial charge in [0, 0.05) is 5.92 Å². The molecule has 0 saturated carbocycles. The van der Waals surface area contributed by atoms with Crippen molar-refractivity contribution in [1.29, 1.82) is 0 Å². The average Bonchev–Trinajstić information content (AvgIpc) is 3.05. The summed E-state index contributed by atoms with van der Waals surface area (Å²) in [5.41, 5.74) is 5.55. The maximum absolute atomic E-state index is 12.6. The summed E-state index contributed by atoms with van der Waals surface area (Å²) in [5, 5.41) is 12.1. The summed E-state index contributed by atoms with van der Waals surface area (Å²) in [7, 11) is 0. The number of hydrogen-bond acceptors (Lipinski definition) is 3. The Morgan fingerprint density at radius 2 is 1.52 bits per heavy atom. The molecule has 0 radical (unpaired) electrons. The van der Waals surface area contributed by atoms with Crippen molar-refractivity contribution in [2.24, 2.45) is 0 Å². The van der Waals surface area contributed by atoms with Gasteiger partial charge in [-0.2, -0.15) is 0 Å². The third-order valence-electron chi connectivity index (χ3n) is 5.70. The van der Waals surface area contributed by atoms with Crippen molar-refractivity contribution >= 4 is 17.7 Å².